The van der Waals surface area contributed by atoms with E-state index in [1.54, 1.807) is 6.92 Å². The van der Waals surface area contributed by atoms with E-state index in [4.69, 9.17) is 0 Å². The summed E-state index contributed by atoms with van der Waals surface area (Å²) in [6.07, 6.45) is -0.000938. The topological polar surface area (TPSA) is 3.24 Å². The molecule has 2 heteroatoms. The highest BCUT2D eigenvalue weighted by atomic mass is 19.1. The first-order valence-electron chi connectivity index (χ1n) is 5.16. The number of rotatable bonds is 3. The number of likely N-dealkylation sites (tertiary alicyclic amines) is 1. The van der Waals surface area contributed by atoms with Crippen molar-refractivity contribution in [2.45, 2.75) is 52.8 Å². The number of hydrogen-bond acceptors (Lipinski definition) is 1. The molecule has 0 N–H and O–H groups in total. The molecular formula is C11H22FN. The van der Waals surface area contributed by atoms with Crippen molar-refractivity contribution in [3.8, 4) is 0 Å². The minimum atomic E-state index is -0.667. The molecule has 78 valence electrons. The molecule has 13 heavy (non-hydrogen) atoms. The predicted octanol–water partition coefficient (Wildman–Crippen LogP) is 2.85. The van der Waals surface area contributed by atoms with Crippen molar-refractivity contribution in [3.05, 3.63) is 0 Å². The third kappa shape index (κ3) is 1.88. The fourth-order valence-electron chi connectivity index (χ4n) is 1.90. The van der Waals surface area contributed by atoms with Crippen LogP contribution in [0.15, 0.2) is 0 Å². The van der Waals surface area contributed by atoms with Gasteiger partial charge in [0.1, 0.15) is 0 Å². The minimum Gasteiger partial charge on any atom is -0.297 e. The fourth-order valence-corrected chi connectivity index (χ4v) is 1.90. The van der Waals surface area contributed by atoms with Gasteiger partial charge in [0, 0.05) is 18.6 Å². The Bertz CT molecular complexity index is 185. The van der Waals surface area contributed by atoms with Crippen LogP contribution < -0.4 is 0 Å². The summed E-state index contributed by atoms with van der Waals surface area (Å²) in [7, 11) is 0. The van der Waals surface area contributed by atoms with Crippen molar-refractivity contribution in [3.63, 3.8) is 0 Å². The Balaban J connectivity index is 2.41. The van der Waals surface area contributed by atoms with E-state index in [1.165, 1.54) is 0 Å². The van der Waals surface area contributed by atoms with E-state index < -0.39 is 6.17 Å². The standard InChI is InChI=1S/C11H22FN/c1-9(12)6-7-13-8-10(2,3)11(13,4)5/h9H,6-8H2,1-5H3. The molecule has 0 saturated carbocycles. The first-order valence-corrected chi connectivity index (χ1v) is 5.16. The highest BCUT2D eigenvalue weighted by molar-refractivity contribution is 5.06. The Morgan fingerprint density at radius 1 is 1.31 bits per heavy atom. The third-order valence-corrected chi connectivity index (χ3v) is 3.83. The van der Waals surface area contributed by atoms with Crippen LogP contribution in [-0.2, 0) is 0 Å². The van der Waals surface area contributed by atoms with Gasteiger partial charge in [0.25, 0.3) is 0 Å². The van der Waals surface area contributed by atoms with Gasteiger partial charge in [-0.25, -0.2) is 4.39 Å². The molecule has 0 bridgehead atoms. The maximum atomic E-state index is 12.6. The normalized spacial score (nSPS) is 28.2. The summed E-state index contributed by atoms with van der Waals surface area (Å²) in [6, 6.07) is 0. The third-order valence-electron chi connectivity index (χ3n) is 3.83. The van der Waals surface area contributed by atoms with Crippen LogP contribution >= 0.6 is 0 Å². The lowest BCUT2D eigenvalue weighted by Crippen LogP contribution is -2.69. The summed E-state index contributed by atoms with van der Waals surface area (Å²) in [5.74, 6) is 0. The first-order chi connectivity index (χ1) is 5.77. The lowest BCUT2D eigenvalue weighted by molar-refractivity contribution is -0.118. The molecule has 0 aromatic heterocycles. The summed E-state index contributed by atoms with van der Waals surface area (Å²) in [5.41, 5.74) is 0.619. The van der Waals surface area contributed by atoms with E-state index in [2.05, 4.69) is 32.6 Å². The van der Waals surface area contributed by atoms with Gasteiger partial charge in [0.2, 0.25) is 0 Å². The molecule has 0 spiro atoms. The number of alkyl halides is 1. The highest BCUT2D eigenvalue weighted by Crippen LogP contribution is 2.46. The maximum absolute atomic E-state index is 12.6. The van der Waals surface area contributed by atoms with Crippen LogP contribution in [0.3, 0.4) is 0 Å². The maximum Gasteiger partial charge on any atom is 0.0985 e. The number of nitrogens with zero attached hydrogens (tertiary/aromatic N) is 1. The van der Waals surface area contributed by atoms with E-state index in [-0.39, 0.29) is 5.54 Å². The molecule has 1 heterocycles. The summed E-state index contributed by atoms with van der Waals surface area (Å²) in [5, 5.41) is 0. The quantitative estimate of drug-likeness (QED) is 0.656. The highest BCUT2D eigenvalue weighted by Gasteiger charge is 2.51. The van der Waals surface area contributed by atoms with Crippen LogP contribution in [0.5, 0.6) is 0 Å². The molecule has 1 aliphatic rings. The van der Waals surface area contributed by atoms with Crippen molar-refractivity contribution in [1.29, 1.82) is 0 Å². The summed E-state index contributed by atoms with van der Waals surface area (Å²) >= 11 is 0. The van der Waals surface area contributed by atoms with Crippen LogP contribution in [-0.4, -0.2) is 29.7 Å². The van der Waals surface area contributed by atoms with E-state index in [0.717, 1.165) is 13.1 Å². The Labute approximate surface area is 81.3 Å². The zero-order chi connectivity index (χ0) is 10.3. The van der Waals surface area contributed by atoms with Gasteiger partial charge in [-0.15, -0.1) is 0 Å². The molecule has 1 fully saturated rings. The second-order valence-corrected chi connectivity index (χ2v) is 5.43. The Morgan fingerprint density at radius 3 is 2.15 bits per heavy atom. The first kappa shape index (κ1) is 11.0. The molecule has 0 aromatic carbocycles. The van der Waals surface area contributed by atoms with Crippen LogP contribution in [0.2, 0.25) is 0 Å². The lowest BCUT2D eigenvalue weighted by atomic mass is 9.65. The lowest BCUT2D eigenvalue weighted by Gasteiger charge is -2.61. The molecule has 1 aliphatic heterocycles. The monoisotopic (exact) mass is 187 g/mol. The zero-order valence-corrected chi connectivity index (χ0v) is 9.52. The average molecular weight is 187 g/mol. The second kappa shape index (κ2) is 3.23. The van der Waals surface area contributed by atoms with Crippen molar-refractivity contribution in [2.24, 2.45) is 5.41 Å². The molecule has 1 atom stereocenters. The van der Waals surface area contributed by atoms with Crippen LogP contribution in [0.25, 0.3) is 0 Å². The SMILES string of the molecule is CC(F)CCN1CC(C)(C)C1(C)C. The average Bonchev–Trinajstić information content (AvgIpc) is 1.97. The molecule has 1 rings (SSSR count). The van der Waals surface area contributed by atoms with Gasteiger partial charge in [-0.1, -0.05) is 13.8 Å². The van der Waals surface area contributed by atoms with E-state index in [1.807, 2.05) is 0 Å². The van der Waals surface area contributed by atoms with Gasteiger partial charge < -0.3 is 0 Å². The molecule has 1 nitrogen and oxygen atoms in total. The molecule has 0 aliphatic carbocycles. The van der Waals surface area contributed by atoms with E-state index in [0.29, 0.717) is 11.8 Å². The van der Waals surface area contributed by atoms with Crippen molar-refractivity contribution in [1.82, 2.24) is 4.90 Å². The largest absolute Gasteiger partial charge is 0.297 e. The van der Waals surface area contributed by atoms with Crippen molar-refractivity contribution in [2.75, 3.05) is 13.1 Å². The molecule has 0 aromatic rings. The van der Waals surface area contributed by atoms with Crippen molar-refractivity contribution < 1.29 is 4.39 Å². The summed E-state index contributed by atoms with van der Waals surface area (Å²) < 4.78 is 12.6. The Kier molecular flexibility index (Phi) is 2.73. The Hall–Kier alpha value is -0.110. The molecule has 1 unspecified atom stereocenters. The molecule has 0 radical (unpaired) electrons. The number of halogens is 1. The van der Waals surface area contributed by atoms with Gasteiger partial charge in [-0.2, -0.15) is 0 Å². The molecule has 1 saturated heterocycles. The van der Waals surface area contributed by atoms with Crippen molar-refractivity contribution >= 4 is 0 Å². The Morgan fingerprint density at radius 2 is 1.85 bits per heavy atom. The van der Waals surface area contributed by atoms with Gasteiger partial charge in [0.05, 0.1) is 6.17 Å². The van der Waals surface area contributed by atoms with Gasteiger partial charge in [0.15, 0.2) is 0 Å². The minimum absolute atomic E-state index is 0.238. The van der Waals surface area contributed by atoms with Crippen LogP contribution in [0.4, 0.5) is 4.39 Å². The predicted molar refractivity (Wildman–Crippen MR) is 54.6 cm³/mol. The fraction of sp³-hybridized carbons (Fsp3) is 1.00. The van der Waals surface area contributed by atoms with Gasteiger partial charge in [-0.05, 0) is 32.6 Å². The molecular weight excluding hydrogens is 165 g/mol. The smallest absolute Gasteiger partial charge is 0.0985 e. The number of hydrogen-bond donors (Lipinski definition) is 0. The summed E-state index contributed by atoms with van der Waals surface area (Å²) in [6.45, 7) is 12.7. The van der Waals surface area contributed by atoms with Gasteiger partial charge in [-0.3, -0.25) is 4.90 Å². The second-order valence-electron chi connectivity index (χ2n) is 5.43. The van der Waals surface area contributed by atoms with Crippen LogP contribution in [0.1, 0.15) is 41.0 Å². The zero-order valence-electron chi connectivity index (χ0n) is 9.52. The van der Waals surface area contributed by atoms with E-state index >= 15 is 0 Å². The van der Waals surface area contributed by atoms with Crippen LogP contribution in [0, 0.1) is 5.41 Å². The molecule has 0 amide bonds. The van der Waals surface area contributed by atoms with Gasteiger partial charge >= 0.3 is 0 Å². The van der Waals surface area contributed by atoms with E-state index in [9.17, 15) is 4.39 Å². The summed E-state index contributed by atoms with van der Waals surface area (Å²) in [4.78, 5) is 2.38.